The Bertz CT molecular complexity index is 1100. The van der Waals surface area contributed by atoms with E-state index in [1.165, 1.54) is 0 Å². The van der Waals surface area contributed by atoms with Crippen molar-refractivity contribution in [2.45, 2.75) is 12.5 Å². The number of morpholine rings is 1. The number of pyridine rings is 1. The third-order valence-electron chi connectivity index (χ3n) is 6.35. The van der Waals surface area contributed by atoms with Gasteiger partial charge < -0.3 is 24.2 Å². The lowest BCUT2D eigenvalue weighted by Gasteiger charge is -2.29. The van der Waals surface area contributed by atoms with Crippen molar-refractivity contribution in [3.05, 3.63) is 59.4 Å². The van der Waals surface area contributed by atoms with Gasteiger partial charge in [-0.1, -0.05) is 0 Å². The molecule has 0 spiro atoms. The molecule has 1 atom stereocenters. The lowest BCUT2D eigenvalue weighted by Crippen LogP contribution is -2.38. The fraction of sp³-hybridized carbons (Fsp3) is 0.400. The number of ketones is 1. The fourth-order valence-corrected chi connectivity index (χ4v) is 4.64. The first kappa shape index (κ1) is 22.4. The summed E-state index contributed by atoms with van der Waals surface area (Å²) in [5.74, 6) is -0.455. The monoisotopic (exact) mass is 465 g/mol. The number of aliphatic hydroxyl groups excluding tert-OH is 1. The number of amides is 1. The third-order valence-corrected chi connectivity index (χ3v) is 6.35. The summed E-state index contributed by atoms with van der Waals surface area (Å²) in [4.78, 5) is 34.2. The number of likely N-dealkylation sites (tertiary alicyclic amines) is 1. The molecular formula is C25H27N3O6. The largest absolute Gasteiger partial charge is 0.507 e. The Labute approximate surface area is 197 Å². The van der Waals surface area contributed by atoms with E-state index in [4.69, 9.17) is 14.2 Å². The summed E-state index contributed by atoms with van der Waals surface area (Å²) < 4.78 is 16.6. The van der Waals surface area contributed by atoms with Crippen molar-refractivity contribution in [1.82, 2.24) is 14.8 Å². The van der Waals surface area contributed by atoms with E-state index in [2.05, 4.69) is 9.88 Å². The lowest BCUT2D eigenvalue weighted by molar-refractivity contribution is -0.140. The number of Topliss-reactive ketones (excluding diaryl/α,β-unsaturated/α-hetero) is 1. The van der Waals surface area contributed by atoms with Gasteiger partial charge in [0.15, 0.2) is 11.5 Å². The van der Waals surface area contributed by atoms with Crippen LogP contribution in [0.4, 0.5) is 0 Å². The van der Waals surface area contributed by atoms with Gasteiger partial charge in [0.2, 0.25) is 0 Å². The van der Waals surface area contributed by atoms with E-state index in [0.717, 1.165) is 25.2 Å². The maximum atomic E-state index is 13.2. The van der Waals surface area contributed by atoms with Gasteiger partial charge in [-0.2, -0.15) is 0 Å². The summed E-state index contributed by atoms with van der Waals surface area (Å²) in [5.41, 5.74) is 1.19. The molecule has 0 radical (unpaired) electrons. The molecule has 2 saturated heterocycles. The first-order chi connectivity index (χ1) is 16.6. The molecule has 2 fully saturated rings. The van der Waals surface area contributed by atoms with Gasteiger partial charge in [-0.15, -0.1) is 0 Å². The predicted octanol–water partition coefficient (Wildman–Crippen LogP) is 2.00. The molecule has 1 aromatic carbocycles. The van der Waals surface area contributed by atoms with E-state index in [1.54, 1.807) is 47.6 Å². The van der Waals surface area contributed by atoms with Crippen molar-refractivity contribution in [2.24, 2.45) is 0 Å². The zero-order valence-electron chi connectivity index (χ0n) is 18.8. The molecule has 0 aliphatic carbocycles. The molecule has 2 aromatic rings. The summed E-state index contributed by atoms with van der Waals surface area (Å²) in [6, 6.07) is 7.84. The summed E-state index contributed by atoms with van der Waals surface area (Å²) in [5, 5.41) is 11.2. The van der Waals surface area contributed by atoms with Crippen molar-refractivity contribution in [3.63, 3.8) is 0 Å². The zero-order chi connectivity index (χ0) is 23.5. The smallest absolute Gasteiger partial charge is 0.295 e. The van der Waals surface area contributed by atoms with Gasteiger partial charge >= 0.3 is 0 Å². The van der Waals surface area contributed by atoms with Crippen LogP contribution in [0.25, 0.3) is 5.76 Å². The van der Waals surface area contributed by atoms with Crippen molar-refractivity contribution in [3.8, 4) is 11.5 Å². The Morgan fingerprint density at radius 2 is 1.71 bits per heavy atom. The number of fused-ring (bicyclic) bond motifs is 1. The summed E-state index contributed by atoms with van der Waals surface area (Å²) in [6.45, 7) is 5.18. The van der Waals surface area contributed by atoms with E-state index in [0.29, 0.717) is 56.5 Å². The van der Waals surface area contributed by atoms with Gasteiger partial charge in [0.05, 0.1) is 24.8 Å². The lowest BCUT2D eigenvalue weighted by atomic mass is 9.95. The van der Waals surface area contributed by atoms with E-state index in [1.807, 2.05) is 0 Å². The molecule has 0 saturated carbocycles. The Morgan fingerprint density at radius 3 is 2.47 bits per heavy atom. The maximum absolute atomic E-state index is 13.2. The minimum atomic E-state index is -0.694. The van der Waals surface area contributed by atoms with Crippen molar-refractivity contribution >= 4 is 17.4 Å². The Kier molecular flexibility index (Phi) is 6.46. The molecule has 5 rings (SSSR count). The van der Waals surface area contributed by atoms with Crippen LogP contribution in [0, 0.1) is 0 Å². The minimum absolute atomic E-state index is 0.0688. The van der Waals surface area contributed by atoms with Crippen LogP contribution in [0.3, 0.4) is 0 Å². The zero-order valence-corrected chi connectivity index (χ0v) is 18.8. The summed E-state index contributed by atoms with van der Waals surface area (Å²) in [7, 11) is 0. The van der Waals surface area contributed by atoms with E-state index < -0.39 is 17.7 Å². The molecule has 1 amide bonds. The summed E-state index contributed by atoms with van der Waals surface area (Å²) >= 11 is 0. The van der Waals surface area contributed by atoms with Crippen LogP contribution in [0.1, 0.15) is 23.6 Å². The average molecular weight is 466 g/mol. The number of benzene rings is 1. The van der Waals surface area contributed by atoms with Crippen LogP contribution in [0.2, 0.25) is 0 Å². The molecule has 9 heteroatoms. The number of rotatable bonds is 6. The molecule has 4 heterocycles. The van der Waals surface area contributed by atoms with Crippen molar-refractivity contribution < 1.29 is 28.9 Å². The number of carbonyl (C=O) groups excluding carboxylic acids is 2. The normalized spacial score (nSPS) is 22.2. The molecular weight excluding hydrogens is 438 g/mol. The number of ether oxygens (including phenoxy) is 3. The minimum Gasteiger partial charge on any atom is -0.507 e. The van der Waals surface area contributed by atoms with Gasteiger partial charge in [-0.25, -0.2) is 0 Å². The van der Waals surface area contributed by atoms with Gasteiger partial charge in [-0.05, 0) is 42.3 Å². The highest BCUT2D eigenvalue weighted by Gasteiger charge is 2.45. The summed E-state index contributed by atoms with van der Waals surface area (Å²) in [6.07, 6.45) is 3.94. The molecule has 3 aliphatic heterocycles. The molecule has 34 heavy (non-hydrogen) atoms. The van der Waals surface area contributed by atoms with Crippen molar-refractivity contribution in [1.29, 1.82) is 0 Å². The topological polar surface area (TPSA) is 101 Å². The molecule has 178 valence electrons. The Morgan fingerprint density at radius 1 is 0.971 bits per heavy atom. The SMILES string of the molecule is O=C1C(=O)N(CCCN2CCOCC2)[C@@H](c2ccncc2)/C1=C(\O)c1ccc2c(c1)OCCO2. The van der Waals surface area contributed by atoms with E-state index >= 15 is 0 Å². The van der Waals surface area contributed by atoms with Crippen LogP contribution in [-0.4, -0.2) is 84.2 Å². The standard InChI is InChI=1S/C25H27N3O6/c29-23(18-2-3-19-20(16-18)34-15-14-33-19)21-22(17-4-6-26-7-5-17)28(25(31)24(21)30)9-1-8-27-10-12-32-13-11-27/h2-7,16,22,29H,1,8-15H2/b23-21+/t22-/m0/s1. The van der Waals surface area contributed by atoms with Gasteiger partial charge in [-0.3, -0.25) is 19.5 Å². The second-order valence-corrected chi connectivity index (χ2v) is 8.44. The van der Waals surface area contributed by atoms with Gasteiger partial charge in [0.1, 0.15) is 19.0 Å². The number of hydrogen-bond donors (Lipinski definition) is 1. The second kappa shape index (κ2) is 9.82. The number of hydrogen-bond acceptors (Lipinski definition) is 8. The van der Waals surface area contributed by atoms with Gasteiger partial charge in [0.25, 0.3) is 11.7 Å². The molecule has 3 aliphatic rings. The van der Waals surface area contributed by atoms with E-state index in [9.17, 15) is 14.7 Å². The number of nitrogens with zero attached hydrogens (tertiary/aromatic N) is 3. The van der Waals surface area contributed by atoms with Crippen LogP contribution >= 0.6 is 0 Å². The highest BCUT2D eigenvalue weighted by molar-refractivity contribution is 6.46. The number of aliphatic hydroxyl groups is 1. The fourth-order valence-electron chi connectivity index (χ4n) is 4.64. The maximum Gasteiger partial charge on any atom is 0.295 e. The molecule has 1 N–H and O–H groups in total. The third kappa shape index (κ3) is 4.36. The molecule has 1 aromatic heterocycles. The average Bonchev–Trinajstić information content (AvgIpc) is 3.14. The highest BCUT2D eigenvalue weighted by atomic mass is 16.6. The quantitative estimate of drug-likeness (QED) is 0.393. The van der Waals surface area contributed by atoms with Crippen LogP contribution in [0.15, 0.2) is 48.3 Å². The van der Waals surface area contributed by atoms with Crippen LogP contribution < -0.4 is 9.47 Å². The number of aromatic nitrogens is 1. The highest BCUT2D eigenvalue weighted by Crippen LogP contribution is 2.41. The Balaban J connectivity index is 1.46. The molecule has 0 unspecified atom stereocenters. The molecule has 9 nitrogen and oxygen atoms in total. The van der Waals surface area contributed by atoms with Gasteiger partial charge in [0, 0.05) is 44.1 Å². The molecule has 0 bridgehead atoms. The van der Waals surface area contributed by atoms with Crippen molar-refractivity contribution in [2.75, 3.05) is 52.6 Å². The predicted molar refractivity (Wildman–Crippen MR) is 123 cm³/mol. The first-order valence-electron chi connectivity index (χ1n) is 11.5. The Hall–Kier alpha value is -3.43. The second-order valence-electron chi connectivity index (χ2n) is 8.44. The van der Waals surface area contributed by atoms with Crippen LogP contribution in [-0.2, 0) is 14.3 Å². The van der Waals surface area contributed by atoms with Crippen LogP contribution in [0.5, 0.6) is 11.5 Å². The first-order valence-corrected chi connectivity index (χ1v) is 11.5. The number of carbonyl (C=O) groups is 2. The van der Waals surface area contributed by atoms with E-state index in [-0.39, 0.29) is 11.3 Å².